The van der Waals surface area contributed by atoms with Gasteiger partial charge in [0.2, 0.25) is 12.3 Å². The Balaban J connectivity index is 2.33. The van der Waals surface area contributed by atoms with Gasteiger partial charge in [-0.15, -0.1) is 0 Å². The molecule has 1 rings (SSSR count). The van der Waals surface area contributed by atoms with E-state index in [9.17, 15) is 13.6 Å². The molecule has 1 saturated heterocycles. The second kappa shape index (κ2) is 6.00. The van der Waals surface area contributed by atoms with Gasteiger partial charge in [-0.1, -0.05) is 6.92 Å². The summed E-state index contributed by atoms with van der Waals surface area (Å²) in [5, 5.41) is 2.64. The molecular weight excluding hydrogens is 204 g/mol. The lowest BCUT2D eigenvalue weighted by Gasteiger charge is -2.18. The van der Waals surface area contributed by atoms with Crippen molar-refractivity contribution < 1.29 is 18.3 Å². The molecule has 1 unspecified atom stereocenters. The van der Waals surface area contributed by atoms with Crippen molar-refractivity contribution in [3.63, 3.8) is 0 Å². The number of nitrogens with one attached hydrogen (secondary N) is 1. The number of alkyl halides is 2. The first kappa shape index (κ1) is 12.4. The van der Waals surface area contributed by atoms with Crippen molar-refractivity contribution in [1.29, 1.82) is 0 Å². The lowest BCUT2D eigenvalue weighted by molar-refractivity contribution is -0.125. The summed E-state index contributed by atoms with van der Waals surface area (Å²) in [5.74, 6) is -0.309. The van der Waals surface area contributed by atoms with Gasteiger partial charge in [0, 0.05) is 19.1 Å². The van der Waals surface area contributed by atoms with E-state index in [2.05, 4.69) is 5.32 Å². The quantitative estimate of drug-likeness (QED) is 0.765. The van der Waals surface area contributed by atoms with E-state index in [1.165, 1.54) is 0 Å². The summed E-state index contributed by atoms with van der Waals surface area (Å²) in [7, 11) is 0. The zero-order valence-electron chi connectivity index (χ0n) is 8.84. The van der Waals surface area contributed by atoms with Crippen LogP contribution >= 0.6 is 0 Å². The molecule has 0 radical (unpaired) electrons. The van der Waals surface area contributed by atoms with Gasteiger partial charge in [0.05, 0.1) is 12.5 Å². The molecule has 1 amide bonds. The maximum atomic E-state index is 12.1. The molecule has 15 heavy (non-hydrogen) atoms. The van der Waals surface area contributed by atoms with Gasteiger partial charge in [-0.3, -0.25) is 4.79 Å². The Morgan fingerprint density at radius 2 is 2.33 bits per heavy atom. The Morgan fingerprint density at radius 3 is 2.80 bits per heavy atom. The Bertz CT molecular complexity index is 206. The van der Waals surface area contributed by atoms with Gasteiger partial charge in [-0.25, -0.2) is 8.78 Å². The van der Waals surface area contributed by atoms with E-state index < -0.39 is 12.5 Å². The summed E-state index contributed by atoms with van der Waals surface area (Å²) < 4.78 is 29.3. The molecule has 1 aliphatic heterocycles. The number of amides is 1. The Kier molecular flexibility index (Phi) is 4.94. The van der Waals surface area contributed by atoms with Crippen LogP contribution in [0.2, 0.25) is 0 Å². The third-order valence-electron chi connectivity index (χ3n) is 2.60. The van der Waals surface area contributed by atoms with Crippen molar-refractivity contribution in [2.24, 2.45) is 5.92 Å². The van der Waals surface area contributed by atoms with E-state index in [1.807, 2.05) is 0 Å². The van der Waals surface area contributed by atoms with E-state index in [0.717, 1.165) is 0 Å². The Labute approximate surface area is 88.2 Å². The van der Waals surface area contributed by atoms with Crippen LogP contribution in [0.5, 0.6) is 0 Å². The SMILES string of the molecule is CC[C@H](CC(F)F)NC(=O)C1CCOC1. The highest BCUT2D eigenvalue weighted by atomic mass is 19.3. The maximum Gasteiger partial charge on any atom is 0.240 e. The molecule has 0 saturated carbocycles. The lowest BCUT2D eigenvalue weighted by Crippen LogP contribution is -2.39. The van der Waals surface area contributed by atoms with Crippen molar-refractivity contribution in [2.75, 3.05) is 13.2 Å². The standard InChI is InChI=1S/C10H17F2NO2/c1-2-8(5-9(11)12)13-10(14)7-3-4-15-6-7/h7-9H,2-6H2,1H3,(H,13,14)/t7?,8-/m1/s1. The number of carbonyl (C=O) groups excluding carboxylic acids is 1. The van der Waals surface area contributed by atoms with Crippen molar-refractivity contribution in [2.45, 2.75) is 38.7 Å². The average Bonchev–Trinajstić information content (AvgIpc) is 2.68. The highest BCUT2D eigenvalue weighted by molar-refractivity contribution is 5.79. The van der Waals surface area contributed by atoms with Crippen LogP contribution in [-0.2, 0) is 9.53 Å². The van der Waals surface area contributed by atoms with E-state index in [0.29, 0.717) is 26.1 Å². The van der Waals surface area contributed by atoms with Gasteiger partial charge in [0.25, 0.3) is 0 Å². The van der Waals surface area contributed by atoms with Crippen LogP contribution in [0.25, 0.3) is 0 Å². The van der Waals surface area contributed by atoms with Crippen LogP contribution in [0, 0.1) is 5.92 Å². The smallest absolute Gasteiger partial charge is 0.240 e. The van der Waals surface area contributed by atoms with Crippen molar-refractivity contribution in [3.8, 4) is 0 Å². The molecule has 1 aliphatic rings. The molecule has 1 fully saturated rings. The number of carbonyl (C=O) groups is 1. The molecule has 3 nitrogen and oxygen atoms in total. The molecule has 0 aromatic rings. The first-order valence-electron chi connectivity index (χ1n) is 5.29. The van der Waals surface area contributed by atoms with Crippen molar-refractivity contribution in [1.82, 2.24) is 5.32 Å². The topological polar surface area (TPSA) is 38.3 Å². The number of hydrogen-bond donors (Lipinski definition) is 1. The number of hydrogen-bond acceptors (Lipinski definition) is 2. The number of ether oxygens (including phenoxy) is 1. The molecule has 1 heterocycles. The van der Waals surface area contributed by atoms with Crippen molar-refractivity contribution in [3.05, 3.63) is 0 Å². The maximum absolute atomic E-state index is 12.1. The molecule has 2 atom stereocenters. The zero-order valence-corrected chi connectivity index (χ0v) is 8.84. The first-order chi connectivity index (χ1) is 7.13. The van der Waals surface area contributed by atoms with Crippen LogP contribution < -0.4 is 5.32 Å². The third kappa shape index (κ3) is 4.11. The fourth-order valence-electron chi connectivity index (χ4n) is 1.60. The van der Waals surface area contributed by atoms with Crippen LogP contribution in [0.4, 0.5) is 8.78 Å². The molecule has 0 aliphatic carbocycles. The Morgan fingerprint density at radius 1 is 1.60 bits per heavy atom. The second-order valence-corrected chi connectivity index (χ2v) is 3.80. The van der Waals surface area contributed by atoms with Gasteiger partial charge in [-0.05, 0) is 12.8 Å². The predicted octanol–water partition coefficient (Wildman–Crippen LogP) is 1.57. The van der Waals surface area contributed by atoms with E-state index in [-0.39, 0.29) is 18.2 Å². The van der Waals surface area contributed by atoms with Crippen LogP contribution in [0.15, 0.2) is 0 Å². The van der Waals surface area contributed by atoms with E-state index >= 15 is 0 Å². The van der Waals surface area contributed by atoms with Crippen LogP contribution in [-0.4, -0.2) is 31.6 Å². The number of halogens is 2. The van der Waals surface area contributed by atoms with Gasteiger partial charge in [0.1, 0.15) is 0 Å². The van der Waals surface area contributed by atoms with Crippen LogP contribution in [0.3, 0.4) is 0 Å². The minimum Gasteiger partial charge on any atom is -0.381 e. The lowest BCUT2D eigenvalue weighted by atomic mass is 10.1. The van der Waals surface area contributed by atoms with Gasteiger partial charge >= 0.3 is 0 Å². The minimum absolute atomic E-state index is 0.153. The summed E-state index contributed by atoms with van der Waals surface area (Å²) in [5.41, 5.74) is 0. The molecule has 5 heteroatoms. The number of rotatable bonds is 5. The zero-order chi connectivity index (χ0) is 11.3. The molecule has 0 bridgehead atoms. The first-order valence-corrected chi connectivity index (χ1v) is 5.29. The minimum atomic E-state index is -2.37. The predicted molar refractivity (Wildman–Crippen MR) is 51.8 cm³/mol. The largest absolute Gasteiger partial charge is 0.381 e. The molecular formula is C10H17F2NO2. The van der Waals surface area contributed by atoms with E-state index in [4.69, 9.17) is 4.74 Å². The van der Waals surface area contributed by atoms with Gasteiger partial charge < -0.3 is 10.1 Å². The normalized spacial score (nSPS) is 23.1. The third-order valence-corrected chi connectivity index (χ3v) is 2.60. The average molecular weight is 221 g/mol. The summed E-state index contributed by atoms with van der Waals surface area (Å²) in [6.45, 7) is 2.79. The fourth-order valence-corrected chi connectivity index (χ4v) is 1.60. The highest BCUT2D eigenvalue weighted by Crippen LogP contribution is 2.14. The summed E-state index contributed by atoms with van der Waals surface area (Å²) in [4.78, 5) is 11.6. The second-order valence-electron chi connectivity index (χ2n) is 3.80. The highest BCUT2D eigenvalue weighted by Gasteiger charge is 2.25. The monoisotopic (exact) mass is 221 g/mol. The summed E-state index contributed by atoms with van der Waals surface area (Å²) >= 11 is 0. The van der Waals surface area contributed by atoms with Crippen molar-refractivity contribution >= 4 is 5.91 Å². The van der Waals surface area contributed by atoms with Crippen LogP contribution in [0.1, 0.15) is 26.2 Å². The van der Waals surface area contributed by atoms with Gasteiger partial charge in [0.15, 0.2) is 0 Å². The molecule has 0 spiro atoms. The van der Waals surface area contributed by atoms with E-state index in [1.54, 1.807) is 6.92 Å². The summed E-state index contributed by atoms with van der Waals surface area (Å²) in [6, 6.07) is -0.418. The molecule has 0 aromatic carbocycles. The molecule has 0 aromatic heterocycles. The van der Waals surface area contributed by atoms with Gasteiger partial charge in [-0.2, -0.15) is 0 Å². The molecule has 1 N–H and O–H groups in total. The fraction of sp³-hybridized carbons (Fsp3) is 0.900. The molecule has 88 valence electrons. The summed E-state index contributed by atoms with van der Waals surface area (Å²) in [6.07, 6.45) is -1.41. The Hall–Kier alpha value is -0.710.